The van der Waals surface area contributed by atoms with Crippen LogP contribution in [0.25, 0.3) is 0 Å². The van der Waals surface area contributed by atoms with Crippen LogP contribution in [0.4, 0.5) is 0 Å². The summed E-state index contributed by atoms with van der Waals surface area (Å²) in [4.78, 5) is 21.2. The Bertz CT molecular complexity index is 1090. The van der Waals surface area contributed by atoms with Crippen LogP contribution in [0, 0.1) is 0 Å². The van der Waals surface area contributed by atoms with Gasteiger partial charge in [0.15, 0.2) is 0 Å². The number of hydrogen-bond acceptors (Lipinski definition) is 8. The van der Waals surface area contributed by atoms with Gasteiger partial charge in [0.25, 0.3) is 20.2 Å². The van der Waals surface area contributed by atoms with Gasteiger partial charge in [-0.2, -0.15) is 16.8 Å². The highest BCUT2D eigenvalue weighted by Gasteiger charge is 2.22. The maximum absolute atomic E-state index is 11.7. The predicted molar refractivity (Wildman–Crippen MR) is 97.9 cm³/mol. The van der Waals surface area contributed by atoms with E-state index in [1.807, 2.05) is 0 Å². The minimum Gasteiger partial charge on any atom is -0.427 e. The molecule has 12 heteroatoms. The smallest absolute Gasteiger partial charge is 0.308 e. The van der Waals surface area contributed by atoms with Gasteiger partial charge in [-0.25, -0.2) is 0 Å². The summed E-state index contributed by atoms with van der Waals surface area (Å²) in [5, 5.41) is 0. The molecule has 2 aromatic carbocycles. The summed E-state index contributed by atoms with van der Waals surface area (Å²) in [5.41, 5.74) is -0.257. The van der Waals surface area contributed by atoms with E-state index < -0.39 is 48.4 Å². The Morgan fingerprint density at radius 2 is 1.10 bits per heavy atom. The Morgan fingerprint density at radius 3 is 1.38 bits per heavy atom. The molecule has 0 aliphatic heterocycles. The van der Waals surface area contributed by atoms with Crippen molar-refractivity contribution in [2.24, 2.45) is 0 Å². The summed E-state index contributed by atoms with van der Waals surface area (Å²) in [6.07, 6.45) is -0.436. The minimum atomic E-state index is -4.71. The van der Waals surface area contributed by atoms with Crippen LogP contribution in [-0.4, -0.2) is 37.9 Å². The van der Waals surface area contributed by atoms with Crippen LogP contribution < -0.4 is 9.47 Å². The van der Waals surface area contributed by atoms with Crippen molar-refractivity contribution >= 4 is 32.2 Å². The van der Waals surface area contributed by atoms with E-state index in [0.717, 1.165) is 50.2 Å². The fraction of sp³-hybridized carbons (Fsp3) is 0.176. The number of esters is 2. The van der Waals surface area contributed by atoms with E-state index >= 15 is 0 Å². The lowest BCUT2D eigenvalue weighted by Gasteiger charge is -2.13. The van der Waals surface area contributed by atoms with Crippen LogP contribution in [0.1, 0.15) is 25.0 Å². The first-order chi connectivity index (χ1) is 13.3. The van der Waals surface area contributed by atoms with Crippen molar-refractivity contribution in [1.82, 2.24) is 0 Å². The number of benzene rings is 2. The SMILES string of the molecule is CC(=O)Oc1ccc(S(=O)(=O)O)c(Cc2cc(OC(C)=O)ccc2S(=O)(=O)O)c1. The van der Waals surface area contributed by atoms with E-state index in [1.54, 1.807) is 0 Å². The average Bonchev–Trinajstić information content (AvgIpc) is 2.51. The van der Waals surface area contributed by atoms with Gasteiger partial charge in [0.05, 0.1) is 9.79 Å². The number of rotatable bonds is 6. The van der Waals surface area contributed by atoms with Gasteiger partial charge in [-0.15, -0.1) is 0 Å². The molecule has 0 atom stereocenters. The zero-order chi connectivity index (χ0) is 22.0. The third-order valence-corrected chi connectivity index (χ3v) is 5.43. The van der Waals surface area contributed by atoms with E-state index in [9.17, 15) is 35.5 Å². The van der Waals surface area contributed by atoms with E-state index in [0.29, 0.717) is 0 Å². The van der Waals surface area contributed by atoms with Gasteiger partial charge in [0.2, 0.25) is 0 Å². The molecule has 0 heterocycles. The second-order valence-corrected chi connectivity index (χ2v) is 8.63. The van der Waals surface area contributed by atoms with Crippen LogP contribution >= 0.6 is 0 Å². The molecule has 0 radical (unpaired) electrons. The molecule has 0 saturated heterocycles. The molecule has 2 rings (SSSR count). The Labute approximate surface area is 166 Å². The molecule has 0 saturated carbocycles. The minimum absolute atomic E-state index is 0.0514. The van der Waals surface area contributed by atoms with Crippen molar-refractivity contribution < 1.29 is 45.0 Å². The van der Waals surface area contributed by atoms with Gasteiger partial charge in [-0.05, 0) is 47.5 Å². The highest BCUT2D eigenvalue weighted by atomic mass is 32.2. The zero-order valence-corrected chi connectivity index (χ0v) is 16.8. The lowest BCUT2D eigenvalue weighted by atomic mass is 10.0. The highest BCUT2D eigenvalue weighted by molar-refractivity contribution is 7.86. The molecule has 29 heavy (non-hydrogen) atoms. The summed E-state index contributed by atoms with van der Waals surface area (Å²) < 4.78 is 75.4. The van der Waals surface area contributed by atoms with Crippen molar-refractivity contribution in [1.29, 1.82) is 0 Å². The van der Waals surface area contributed by atoms with Gasteiger partial charge in [-0.1, -0.05) is 0 Å². The number of hydrogen-bond donors (Lipinski definition) is 2. The summed E-state index contributed by atoms with van der Waals surface area (Å²) in [6.45, 7) is 2.24. The molecule has 0 aliphatic carbocycles. The van der Waals surface area contributed by atoms with Gasteiger partial charge in [0.1, 0.15) is 11.5 Å². The lowest BCUT2D eigenvalue weighted by molar-refractivity contribution is -0.132. The van der Waals surface area contributed by atoms with Gasteiger partial charge in [0, 0.05) is 20.3 Å². The molecule has 0 unspecified atom stereocenters. The third kappa shape index (κ3) is 6.09. The molecule has 2 N–H and O–H groups in total. The second-order valence-electron chi connectivity index (χ2n) is 5.85. The van der Waals surface area contributed by atoms with Gasteiger partial charge < -0.3 is 9.47 Å². The van der Waals surface area contributed by atoms with E-state index in [-0.39, 0.29) is 22.6 Å². The standard InChI is InChI=1S/C17H16O10S2/c1-10(18)26-14-3-5-16(28(20,21)22)12(8-14)7-13-9-15(27-11(2)19)4-6-17(13)29(23,24)25/h3-6,8-9H,7H2,1-2H3,(H,20,21,22)(H,23,24,25). The molecule has 0 amide bonds. The second kappa shape index (κ2) is 8.29. The zero-order valence-electron chi connectivity index (χ0n) is 15.1. The first-order valence-corrected chi connectivity index (χ1v) is 10.7. The van der Waals surface area contributed by atoms with Crippen LogP contribution in [0.5, 0.6) is 11.5 Å². The predicted octanol–water partition coefficient (Wildman–Crippen LogP) is 1.62. The molecular formula is C17H16O10S2. The topological polar surface area (TPSA) is 161 Å². The van der Waals surface area contributed by atoms with Crippen LogP contribution in [-0.2, 0) is 36.2 Å². The molecule has 0 spiro atoms. The normalized spacial score (nSPS) is 11.7. The third-order valence-electron chi connectivity index (χ3n) is 3.52. The molecule has 10 nitrogen and oxygen atoms in total. The first-order valence-electron chi connectivity index (χ1n) is 7.85. The van der Waals surface area contributed by atoms with Gasteiger partial charge in [-0.3, -0.25) is 18.7 Å². The van der Waals surface area contributed by atoms with Crippen molar-refractivity contribution in [3.63, 3.8) is 0 Å². The fourth-order valence-corrected chi connectivity index (χ4v) is 3.96. The molecule has 156 valence electrons. The van der Waals surface area contributed by atoms with Crippen molar-refractivity contribution in [3.05, 3.63) is 47.5 Å². The summed E-state index contributed by atoms with van der Waals surface area (Å²) in [6, 6.07) is 6.46. The molecule has 0 aromatic heterocycles. The van der Waals surface area contributed by atoms with Gasteiger partial charge >= 0.3 is 11.9 Å². The van der Waals surface area contributed by atoms with Crippen LogP contribution in [0.15, 0.2) is 46.2 Å². The first kappa shape index (κ1) is 22.5. The Kier molecular flexibility index (Phi) is 6.43. The van der Waals surface area contributed by atoms with Crippen LogP contribution in [0.2, 0.25) is 0 Å². The maximum Gasteiger partial charge on any atom is 0.308 e. The van der Waals surface area contributed by atoms with E-state index in [4.69, 9.17) is 9.47 Å². The summed E-state index contributed by atoms with van der Waals surface area (Å²) >= 11 is 0. The number of carbonyl (C=O) groups excluding carboxylic acids is 2. The van der Waals surface area contributed by atoms with E-state index in [1.165, 1.54) is 0 Å². The Balaban J connectivity index is 2.67. The quantitative estimate of drug-likeness (QED) is 0.380. The largest absolute Gasteiger partial charge is 0.427 e. The summed E-state index contributed by atoms with van der Waals surface area (Å²) in [5.74, 6) is -1.48. The van der Waals surface area contributed by atoms with Crippen molar-refractivity contribution in [3.8, 4) is 11.5 Å². The van der Waals surface area contributed by atoms with E-state index in [2.05, 4.69) is 0 Å². The molecule has 0 bridgehead atoms. The fourth-order valence-electron chi connectivity index (χ4n) is 2.56. The average molecular weight is 444 g/mol. The lowest BCUT2D eigenvalue weighted by Crippen LogP contribution is -2.09. The highest BCUT2D eigenvalue weighted by Crippen LogP contribution is 2.29. The molecule has 2 aromatic rings. The molecule has 0 aliphatic rings. The molecule has 0 fully saturated rings. The molecular weight excluding hydrogens is 428 g/mol. The monoisotopic (exact) mass is 444 g/mol. The van der Waals surface area contributed by atoms with Crippen molar-refractivity contribution in [2.45, 2.75) is 30.1 Å². The maximum atomic E-state index is 11.7. The van der Waals surface area contributed by atoms with Crippen LogP contribution in [0.3, 0.4) is 0 Å². The Hall–Kier alpha value is -2.80. The number of carbonyl (C=O) groups is 2. The number of ether oxygens (including phenoxy) is 2. The summed E-state index contributed by atoms with van der Waals surface area (Å²) in [7, 11) is -9.43. The Morgan fingerprint density at radius 1 is 0.759 bits per heavy atom. The van der Waals surface area contributed by atoms with Crippen molar-refractivity contribution in [2.75, 3.05) is 0 Å².